The Morgan fingerprint density at radius 2 is 2.26 bits per heavy atom. The van der Waals surface area contributed by atoms with E-state index in [2.05, 4.69) is 15.5 Å². The van der Waals surface area contributed by atoms with Gasteiger partial charge in [0.05, 0.1) is 0 Å². The summed E-state index contributed by atoms with van der Waals surface area (Å²) >= 11 is 6.04. The van der Waals surface area contributed by atoms with Crippen LogP contribution in [-0.4, -0.2) is 38.8 Å². The minimum Gasteiger partial charge on any atom is -0.336 e. The third kappa shape index (κ3) is 3.64. The van der Waals surface area contributed by atoms with Gasteiger partial charge in [-0.05, 0) is 29.7 Å². The predicted molar refractivity (Wildman–Crippen MR) is 88.4 cm³/mol. The molecule has 0 unspecified atom stereocenters. The maximum absolute atomic E-state index is 12.3. The number of benzene rings is 1. The van der Waals surface area contributed by atoms with Crippen molar-refractivity contribution in [3.05, 3.63) is 46.5 Å². The minimum atomic E-state index is -0.0400. The lowest BCUT2D eigenvalue weighted by Gasteiger charge is -2.29. The summed E-state index contributed by atoms with van der Waals surface area (Å²) in [5.41, 5.74) is 2.40. The van der Waals surface area contributed by atoms with Crippen LogP contribution in [0.2, 0.25) is 5.02 Å². The van der Waals surface area contributed by atoms with Crippen molar-refractivity contribution in [1.29, 1.82) is 0 Å². The molecule has 3 rings (SSSR count). The molecule has 6 nitrogen and oxygen atoms in total. The molecule has 1 aromatic heterocycles. The Balaban J connectivity index is 1.53. The molecule has 1 aromatic carbocycles. The van der Waals surface area contributed by atoms with Gasteiger partial charge < -0.3 is 14.8 Å². The number of halogens is 1. The van der Waals surface area contributed by atoms with Crippen molar-refractivity contribution in [2.24, 2.45) is 0 Å². The highest BCUT2D eigenvalue weighted by Crippen LogP contribution is 2.22. The van der Waals surface area contributed by atoms with Crippen LogP contribution in [0, 0.1) is 0 Å². The van der Waals surface area contributed by atoms with Gasteiger partial charge in [0.15, 0.2) is 0 Å². The molecule has 0 spiro atoms. The summed E-state index contributed by atoms with van der Waals surface area (Å²) in [5.74, 6) is 0.931. The average molecular weight is 334 g/mol. The van der Waals surface area contributed by atoms with Crippen LogP contribution in [0.1, 0.15) is 23.9 Å². The van der Waals surface area contributed by atoms with Crippen LogP contribution >= 0.6 is 11.6 Å². The summed E-state index contributed by atoms with van der Waals surface area (Å²) in [6, 6.07) is 5.86. The molecule has 0 radical (unpaired) electrons. The Hall–Kier alpha value is -2.08. The number of rotatable bonds is 4. The van der Waals surface area contributed by atoms with Crippen LogP contribution in [0.5, 0.6) is 0 Å². The van der Waals surface area contributed by atoms with Gasteiger partial charge in [-0.1, -0.05) is 24.6 Å². The van der Waals surface area contributed by atoms with Gasteiger partial charge in [-0.2, -0.15) is 0 Å². The Bertz CT molecular complexity index is 700. The molecule has 1 N–H and O–H groups in total. The van der Waals surface area contributed by atoms with Crippen molar-refractivity contribution in [2.45, 2.75) is 32.9 Å². The summed E-state index contributed by atoms with van der Waals surface area (Å²) in [5, 5.41) is 11.6. The number of aromatic nitrogens is 3. The molecule has 2 amide bonds. The lowest BCUT2D eigenvalue weighted by molar-refractivity contribution is 0.192. The van der Waals surface area contributed by atoms with Gasteiger partial charge in [0.1, 0.15) is 12.2 Å². The van der Waals surface area contributed by atoms with E-state index >= 15 is 0 Å². The van der Waals surface area contributed by atoms with E-state index in [4.69, 9.17) is 11.6 Å². The van der Waals surface area contributed by atoms with E-state index in [9.17, 15) is 4.79 Å². The van der Waals surface area contributed by atoms with E-state index in [1.54, 1.807) is 6.33 Å². The maximum atomic E-state index is 12.3. The Kier molecular flexibility index (Phi) is 4.81. The normalized spacial score (nSPS) is 13.7. The van der Waals surface area contributed by atoms with Gasteiger partial charge >= 0.3 is 6.03 Å². The predicted octanol–water partition coefficient (Wildman–Crippen LogP) is 2.26. The third-order valence-corrected chi connectivity index (χ3v) is 4.34. The fourth-order valence-electron chi connectivity index (χ4n) is 2.83. The highest BCUT2D eigenvalue weighted by Gasteiger charge is 2.20. The van der Waals surface area contributed by atoms with Crippen LogP contribution < -0.4 is 5.32 Å². The number of fused-ring (bicyclic) bond motifs is 1. The third-order valence-electron chi connectivity index (χ3n) is 4.11. The number of hydrogen-bond acceptors (Lipinski definition) is 3. The van der Waals surface area contributed by atoms with Crippen LogP contribution in [0.3, 0.4) is 0 Å². The standard InChI is InChI=1S/C16H20ClN5O/c1-2-15-20-19-11-22(15)8-6-18-16(23)21-7-5-12-3-4-14(17)9-13(12)10-21/h3-4,9,11H,2,5-8,10H2,1H3,(H,18,23). The second-order valence-corrected chi connectivity index (χ2v) is 6.05. The number of urea groups is 1. The molecule has 122 valence electrons. The number of amides is 2. The molecule has 0 aliphatic carbocycles. The first kappa shape index (κ1) is 15.8. The number of aryl methyl sites for hydroxylation is 1. The number of nitrogens with zero attached hydrogens (tertiary/aromatic N) is 4. The molecule has 0 saturated heterocycles. The summed E-state index contributed by atoms with van der Waals surface area (Å²) < 4.78 is 1.96. The largest absolute Gasteiger partial charge is 0.336 e. The monoisotopic (exact) mass is 333 g/mol. The molecule has 0 atom stereocenters. The molecule has 0 bridgehead atoms. The number of carbonyl (C=O) groups excluding carboxylic acids is 1. The van der Waals surface area contributed by atoms with Crippen LogP contribution in [0.15, 0.2) is 24.5 Å². The molecule has 0 fully saturated rings. The molecule has 2 aromatic rings. The molecule has 1 aliphatic heterocycles. The van der Waals surface area contributed by atoms with Crippen molar-refractivity contribution >= 4 is 17.6 Å². The first-order chi connectivity index (χ1) is 11.2. The second-order valence-electron chi connectivity index (χ2n) is 5.61. The van der Waals surface area contributed by atoms with Crippen molar-refractivity contribution < 1.29 is 4.79 Å². The summed E-state index contributed by atoms with van der Waals surface area (Å²) in [7, 11) is 0. The summed E-state index contributed by atoms with van der Waals surface area (Å²) in [6.07, 6.45) is 3.40. The van der Waals surface area contributed by atoms with Crippen LogP contribution in [0.4, 0.5) is 4.79 Å². The Morgan fingerprint density at radius 1 is 1.39 bits per heavy atom. The molecular formula is C16H20ClN5O. The molecule has 7 heteroatoms. The van der Waals surface area contributed by atoms with Gasteiger partial charge in [0, 0.05) is 37.6 Å². The quantitative estimate of drug-likeness (QED) is 0.933. The highest BCUT2D eigenvalue weighted by molar-refractivity contribution is 6.30. The first-order valence-electron chi connectivity index (χ1n) is 7.84. The second kappa shape index (κ2) is 7.00. The lowest BCUT2D eigenvalue weighted by atomic mass is 10.0. The van der Waals surface area contributed by atoms with E-state index in [0.29, 0.717) is 24.7 Å². The Labute approximate surface area is 140 Å². The molecule has 23 heavy (non-hydrogen) atoms. The topological polar surface area (TPSA) is 63.1 Å². The van der Waals surface area contributed by atoms with E-state index in [-0.39, 0.29) is 6.03 Å². The maximum Gasteiger partial charge on any atom is 0.317 e. The Morgan fingerprint density at radius 3 is 3.09 bits per heavy atom. The van der Waals surface area contributed by atoms with E-state index < -0.39 is 0 Å². The van der Waals surface area contributed by atoms with Crippen LogP contribution in [0.25, 0.3) is 0 Å². The van der Waals surface area contributed by atoms with Crippen molar-refractivity contribution in [2.75, 3.05) is 13.1 Å². The SMILES string of the molecule is CCc1nncn1CCNC(=O)N1CCc2ccc(Cl)cc2C1. The summed E-state index contributed by atoms with van der Waals surface area (Å²) in [4.78, 5) is 14.1. The number of nitrogens with one attached hydrogen (secondary N) is 1. The van der Waals surface area contributed by atoms with Gasteiger partial charge in [-0.3, -0.25) is 0 Å². The van der Waals surface area contributed by atoms with Gasteiger partial charge in [0.25, 0.3) is 0 Å². The van der Waals surface area contributed by atoms with Gasteiger partial charge in [-0.15, -0.1) is 10.2 Å². The zero-order valence-corrected chi connectivity index (χ0v) is 13.9. The molecule has 1 aliphatic rings. The highest BCUT2D eigenvalue weighted by atomic mass is 35.5. The van der Waals surface area contributed by atoms with E-state index in [1.165, 1.54) is 5.56 Å². The van der Waals surface area contributed by atoms with Crippen LogP contribution in [-0.2, 0) is 25.9 Å². The van der Waals surface area contributed by atoms with Gasteiger partial charge in [-0.25, -0.2) is 4.79 Å². The van der Waals surface area contributed by atoms with Crippen molar-refractivity contribution in [3.63, 3.8) is 0 Å². The van der Waals surface area contributed by atoms with Crippen molar-refractivity contribution in [3.8, 4) is 0 Å². The van der Waals surface area contributed by atoms with Crippen molar-refractivity contribution in [1.82, 2.24) is 25.0 Å². The zero-order valence-electron chi connectivity index (χ0n) is 13.1. The summed E-state index contributed by atoms with van der Waals surface area (Å²) in [6.45, 7) is 4.61. The van der Waals surface area contributed by atoms with E-state index in [0.717, 1.165) is 30.8 Å². The molecular weight excluding hydrogens is 314 g/mol. The molecule has 2 heterocycles. The molecule has 0 saturated carbocycles. The number of carbonyl (C=O) groups is 1. The fourth-order valence-corrected chi connectivity index (χ4v) is 3.03. The lowest BCUT2D eigenvalue weighted by Crippen LogP contribution is -2.43. The van der Waals surface area contributed by atoms with Gasteiger partial charge in [0.2, 0.25) is 0 Å². The minimum absolute atomic E-state index is 0.0400. The average Bonchev–Trinajstić information content (AvgIpc) is 3.01. The first-order valence-corrected chi connectivity index (χ1v) is 8.22. The smallest absolute Gasteiger partial charge is 0.317 e. The fraction of sp³-hybridized carbons (Fsp3) is 0.438. The zero-order chi connectivity index (χ0) is 16.2. The van der Waals surface area contributed by atoms with E-state index in [1.807, 2.05) is 34.6 Å². The number of hydrogen-bond donors (Lipinski definition) is 1.